The molecule has 0 aromatic heterocycles. The second kappa shape index (κ2) is 5.48. The van der Waals surface area contributed by atoms with Crippen LogP contribution in [0.15, 0.2) is 24.1 Å². The number of allylic oxidation sites excluding steroid dienone is 4. The van der Waals surface area contributed by atoms with Crippen molar-refractivity contribution in [2.24, 2.45) is 0 Å². The number of rotatable bonds is 3. The zero-order valence-corrected chi connectivity index (χ0v) is 5.40. The monoisotopic (exact) mass is 132 g/mol. The fraction of sp³-hybridized carbons (Fsp3) is 0.429. The predicted molar refractivity (Wildman–Crippen MR) is 34.6 cm³/mol. The van der Waals surface area contributed by atoms with Crippen molar-refractivity contribution < 1.29 is 8.78 Å². The Morgan fingerprint density at radius 3 is 2.67 bits per heavy atom. The molecule has 0 fully saturated rings. The van der Waals surface area contributed by atoms with Crippen molar-refractivity contribution in [1.82, 2.24) is 0 Å². The van der Waals surface area contributed by atoms with Gasteiger partial charge in [0.1, 0.15) is 12.5 Å². The number of hydrogen-bond donors (Lipinski definition) is 0. The van der Waals surface area contributed by atoms with E-state index in [9.17, 15) is 8.78 Å². The van der Waals surface area contributed by atoms with E-state index in [0.717, 1.165) is 12.5 Å². The third-order valence-electron chi connectivity index (χ3n) is 0.777. The first-order valence-electron chi connectivity index (χ1n) is 2.88. The van der Waals surface area contributed by atoms with Gasteiger partial charge >= 0.3 is 0 Å². The molecule has 0 spiro atoms. The molecular formula is C7H10F2. The maximum atomic E-state index is 11.9. The Morgan fingerprint density at radius 1 is 1.56 bits per heavy atom. The summed E-state index contributed by atoms with van der Waals surface area (Å²) < 4.78 is 23.2. The molecule has 0 rings (SSSR count). The summed E-state index contributed by atoms with van der Waals surface area (Å²) in [6.07, 6.45) is 5.24. The van der Waals surface area contributed by atoms with Crippen molar-refractivity contribution in [2.45, 2.75) is 13.3 Å². The van der Waals surface area contributed by atoms with Crippen molar-refractivity contribution in [3.63, 3.8) is 0 Å². The summed E-state index contributed by atoms with van der Waals surface area (Å²) in [4.78, 5) is 0. The molecule has 0 radical (unpaired) electrons. The highest BCUT2D eigenvalue weighted by Crippen LogP contribution is 1.96. The summed E-state index contributed by atoms with van der Waals surface area (Å²) >= 11 is 0. The van der Waals surface area contributed by atoms with Gasteiger partial charge in [-0.25, -0.2) is 8.78 Å². The molecule has 0 saturated heterocycles. The first-order chi connectivity index (χ1) is 4.31. The minimum absolute atomic E-state index is 0.722. The van der Waals surface area contributed by atoms with E-state index in [2.05, 4.69) is 0 Å². The fourth-order valence-electron chi connectivity index (χ4n) is 0.353. The predicted octanol–water partition coefficient (Wildman–Crippen LogP) is 2.78. The largest absolute Gasteiger partial charge is 0.243 e. The molecule has 2 heteroatoms. The second-order valence-electron chi connectivity index (χ2n) is 1.58. The van der Waals surface area contributed by atoms with Gasteiger partial charge in [-0.3, -0.25) is 0 Å². The van der Waals surface area contributed by atoms with Crippen LogP contribution in [0.3, 0.4) is 0 Å². The van der Waals surface area contributed by atoms with Gasteiger partial charge in [0.05, 0.1) is 0 Å². The molecular weight excluding hydrogens is 122 g/mol. The van der Waals surface area contributed by atoms with E-state index < -0.39 is 12.5 Å². The first-order valence-corrected chi connectivity index (χ1v) is 2.88. The van der Waals surface area contributed by atoms with Crippen molar-refractivity contribution >= 4 is 0 Å². The maximum absolute atomic E-state index is 11.9. The Hall–Kier alpha value is -0.660. The van der Waals surface area contributed by atoms with Gasteiger partial charge < -0.3 is 0 Å². The molecule has 0 atom stereocenters. The highest BCUT2D eigenvalue weighted by Gasteiger charge is 1.85. The zero-order valence-electron chi connectivity index (χ0n) is 5.40. The van der Waals surface area contributed by atoms with Crippen LogP contribution in [-0.4, -0.2) is 6.67 Å². The summed E-state index contributed by atoms with van der Waals surface area (Å²) in [5.74, 6) is -0.722. The SMILES string of the molecule is CC/C=C\C=C(\F)CF. The van der Waals surface area contributed by atoms with Gasteiger partial charge in [-0.2, -0.15) is 0 Å². The number of alkyl halides is 1. The lowest BCUT2D eigenvalue weighted by atomic mass is 10.4. The average Bonchev–Trinajstić information content (AvgIpc) is 1.89. The minimum Gasteiger partial charge on any atom is -0.243 e. The van der Waals surface area contributed by atoms with E-state index in [0.29, 0.717) is 0 Å². The van der Waals surface area contributed by atoms with Crippen molar-refractivity contribution in [3.05, 3.63) is 24.1 Å². The molecule has 0 bridgehead atoms. The number of halogens is 2. The van der Waals surface area contributed by atoms with Crippen LogP contribution >= 0.6 is 0 Å². The second-order valence-corrected chi connectivity index (χ2v) is 1.58. The van der Waals surface area contributed by atoms with E-state index >= 15 is 0 Å². The van der Waals surface area contributed by atoms with Gasteiger partial charge in [-0.15, -0.1) is 0 Å². The number of hydrogen-bond acceptors (Lipinski definition) is 0. The minimum atomic E-state index is -1.01. The highest BCUT2D eigenvalue weighted by molar-refractivity contribution is 5.06. The lowest BCUT2D eigenvalue weighted by molar-refractivity contribution is 0.459. The lowest BCUT2D eigenvalue weighted by Gasteiger charge is -1.80. The molecule has 52 valence electrons. The van der Waals surface area contributed by atoms with Crippen LogP contribution in [0.1, 0.15) is 13.3 Å². The standard InChI is InChI=1S/C7H10F2/c1-2-3-4-5-7(9)6-8/h3-5H,2,6H2,1H3/b4-3-,7-5+. The van der Waals surface area contributed by atoms with Gasteiger partial charge in [0, 0.05) is 0 Å². The molecule has 0 aliphatic rings. The van der Waals surface area contributed by atoms with Crippen LogP contribution in [0.4, 0.5) is 8.78 Å². The summed E-state index contributed by atoms with van der Waals surface area (Å²) in [7, 11) is 0. The molecule has 0 saturated carbocycles. The Bertz CT molecular complexity index is 114. The van der Waals surface area contributed by atoms with Gasteiger partial charge in [0.25, 0.3) is 0 Å². The van der Waals surface area contributed by atoms with Crippen LogP contribution < -0.4 is 0 Å². The summed E-state index contributed by atoms with van der Waals surface area (Å²) in [6, 6.07) is 0. The Kier molecular flexibility index (Phi) is 5.07. The summed E-state index contributed by atoms with van der Waals surface area (Å²) in [5.41, 5.74) is 0. The highest BCUT2D eigenvalue weighted by atomic mass is 19.2. The molecule has 0 aromatic carbocycles. The molecule has 0 N–H and O–H groups in total. The third kappa shape index (κ3) is 5.21. The Labute approximate surface area is 53.9 Å². The summed E-state index contributed by atoms with van der Waals surface area (Å²) in [6.45, 7) is 0.922. The molecule has 0 aliphatic heterocycles. The van der Waals surface area contributed by atoms with E-state index in [1.165, 1.54) is 6.08 Å². The molecule has 0 heterocycles. The van der Waals surface area contributed by atoms with Crippen LogP contribution in [0.25, 0.3) is 0 Å². The van der Waals surface area contributed by atoms with E-state index in [1.807, 2.05) is 6.92 Å². The van der Waals surface area contributed by atoms with Crippen LogP contribution in [-0.2, 0) is 0 Å². The first kappa shape index (κ1) is 8.34. The van der Waals surface area contributed by atoms with E-state index in [-0.39, 0.29) is 0 Å². The molecule has 0 aliphatic carbocycles. The Morgan fingerprint density at radius 2 is 2.22 bits per heavy atom. The molecule has 9 heavy (non-hydrogen) atoms. The van der Waals surface area contributed by atoms with Gasteiger partial charge in [0.15, 0.2) is 0 Å². The van der Waals surface area contributed by atoms with Crippen LogP contribution in [0, 0.1) is 0 Å². The van der Waals surface area contributed by atoms with Crippen LogP contribution in [0.2, 0.25) is 0 Å². The molecule has 0 unspecified atom stereocenters. The summed E-state index contributed by atoms with van der Waals surface area (Å²) in [5, 5.41) is 0. The van der Waals surface area contributed by atoms with E-state index in [1.54, 1.807) is 6.08 Å². The fourth-order valence-corrected chi connectivity index (χ4v) is 0.353. The molecule has 0 aromatic rings. The normalized spacial score (nSPS) is 13.0. The van der Waals surface area contributed by atoms with Crippen molar-refractivity contribution in [1.29, 1.82) is 0 Å². The quantitative estimate of drug-likeness (QED) is 0.518. The van der Waals surface area contributed by atoms with Gasteiger partial charge in [-0.1, -0.05) is 19.1 Å². The Balaban J connectivity index is 3.55. The topological polar surface area (TPSA) is 0 Å². The van der Waals surface area contributed by atoms with E-state index in [4.69, 9.17) is 0 Å². The average molecular weight is 132 g/mol. The van der Waals surface area contributed by atoms with Crippen molar-refractivity contribution in [2.75, 3.05) is 6.67 Å². The van der Waals surface area contributed by atoms with Gasteiger partial charge in [-0.05, 0) is 12.5 Å². The smallest absolute Gasteiger partial charge is 0.141 e. The zero-order chi connectivity index (χ0) is 7.11. The van der Waals surface area contributed by atoms with Crippen molar-refractivity contribution in [3.8, 4) is 0 Å². The molecule has 0 amide bonds. The van der Waals surface area contributed by atoms with Gasteiger partial charge in [0.2, 0.25) is 0 Å². The van der Waals surface area contributed by atoms with Crippen LogP contribution in [0.5, 0.6) is 0 Å². The maximum Gasteiger partial charge on any atom is 0.141 e. The lowest BCUT2D eigenvalue weighted by Crippen LogP contribution is -1.71. The molecule has 0 nitrogen and oxygen atoms in total. The third-order valence-corrected chi connectivity index (χ3v) is 0.777.